The van der Waals surface area contributed by atoms with Crippen LogP contribution in [0, 0.1) is 5.82 Å². The van der Waals surface area contributed by atoms with Gasteiger partial charge in [-0.05, 0) is 35.6 Å². The maximum Gasteiger partial charge on any atom is 0.311 e. The predicted octanol–water partition coefficient (Wildman–Crippen LogP) is 3.30. The molecule has 0 bridgehead atoms. The van der Waals surface area contributed by atoms with Crippen molar-refractivity contribution in [3.63, 3.8) is 0 Å². The third-order valence-electron chi connectivity index (χ3n) is 2.56. The number of hydrogen-bond donors (Lipinski definition) is 1. The minimum absolute atomic E-state index is 0.353. The lowest BCUT2D eigenvalue weighted by Gasteiger charge is -2.11. The smallest absolute Gasteiger partial charge is 0.311 e. The lowest BCUT2D eigenvalue weighted by molar-refractivity contribution is -0.138. The Kier molecular flexibility index (Phi) is 3.54. The van der Waals surface area contributed by atoms with Crippen molar-refractivity contribution >= 4 is 17.3 Å². The van der Waals surface area contributed by atoms with Crippen LogP contribution in [0.4, 0.5) is 4.39 Å². The molecule has 1 aromatic heterocycles. The molecule has 0 saturated heterocycles. The maximum atomic E-state index is 12.8. The second-order valence-corrected chi connectivity index (χ2v) is 4.76. The topological polar surface area (TPSA) is 37.3 Å². The van der Waals surface area contributed by atoms with Crippen molar-refractivity contribution in [1.82, 2.24) is 0 Å². The van der Waals surface area contributed by atoms with E-state index in [1.807, 2.05) is 17.5 Å². The molecule has 1 aromatic carbocycles. The summed E-state index contributed by atoms with van der Waals surface area (Å²) in [6, 6.07) is 9.44. The lowest BCUT2D eigenvalue weighted by atomic mass is 9.95. The Morgan fingerprint density at radius 3 is 2.53 bits per heavy atom. The predicted molar refractivity (Wildman–Crippen MR) is 64.8 cm³/mol. The molecule has 2 aromatic rings. The van der Waals surface area contributed by atoms with E-state index in [9.17, 15) is 14.3 Å². The molecule has 4 heteroatoms. The Labute approximate surface area is 102 Å². The average molecular weight is 250 g/mol. The van der Waals surface area contributed by atoms with Gasteiger partial charge in [-0.2, -0.15) is 0 Å². The molecule has 17 heavy (non-hydrogen) atoms. The van der Waals surface area contributed by atoms with E-state index in [0.717, 1.165) is 4.88 Å². The Morgan fingerprint density at radius 1 is 1.29 bits per heavy atom. The van der Waals surface area contributed by atoms with Crippen LogP contribution in [0.5, 0.6) is 0 Å². The highest BCUT2D eigenvalue weighted by Crippen LogP contribution is 2.24. The molecule has 0 aliphatic rings. The summed E-state index contributed by atoms with van der Waals surface area (Å²) in [5, 5.41) is 11.1. The van der Waals surface area contributed by atoms with Gasteiger partial charge >= 0.3 is 5.97 Å². The summed E-state index contributed by atoms with van der Waals surface area (Å²) in [6.45, 7) is 0. The van der Waals surface area contributed by atoms with E-state index in [1.165, 1.54) is 35.6 Å². The van der Waals surface area contributed by atoms with Crippen LogP contribution in [0.25, 0.3) is 0 Å². The van der Waals surface area contributed by atoms with Gasteiger partial charge in [-0.3, -0.25) is 4.79 Å². The van der Waals surface area contributed by atoms with Gasteiger partial charge in [0.25, 0.3) is 0 Å². The first-order valence-corrected chi connectivity index (χ1v) is 6.05. The molecule has 2 nitrogen and oxygen atoms in total. The summed E-state index contributed by atoms with van der Waals surface area (Å²) in [5.41, 5.74) is 0.632. The monoisotopic (exact) mass is 250 g/mol. The zero-order chi connectivity index (χ0) is 12.3. The SMILES string of the molecule is O=C(O)C(Cc1cccs1)c1ccc(F)cc1. The maximum absolute atomic E-state index is 12.8. The van der Waals surface area contributed by atoms with Crippen LogP contribution in [-0.4, -0.2) is 11.1 Å². The molecule has 88 valence electrons. The van der Waals surface area contributed by atoms with Crippen molar-refractivity contribution < 1.29 is 14.3 Å². The van der Waals surface area contributed by atoms with Crippen molar-refractivity contribution in [2.45, 2.75) is 12.3 Å². The highest BCUT2D eigenvalue weighted by molar-refractivity contribution is 7.09. The van der Waals surface area contributed by atoms with E-state index in [4.69, 9.17) is 0 Å². The minimum atomic E-state index is -0.884. The number of halogens is 1. The first-order chi connectivity index (χ1) is 8.16. The molecule has 1 unspecified atom stereocenters. The first kappa shape index (κ1) is 11.8. The van der Waals surface area contributed by atoms with Crippen molar-refractivity contribution in [2.75, 3.05) is 0 Å². The van der Waals surface area contributed by atoms with Gasteiger partial charge < -0.3 is 5.11 Å². The molecule has 0 radical (unpaired) electrons. The molecule has 0 aliphatic carbocycles. The molecule has 0 amide bonds. The first-order valence-electron chi connectivity index (χ1n) is 5.17. The van der Waals surface area contributed by atoms with E-state index >= 15 is 0 Å². The Balaban J connectivity index is 2.23. The van der Waals surface area contributed by atoms with Crippen molar-refractivity contribution in [1.29, 1.82) is 0 Å². The Bertz CT molecular complexity index is 491. The Hall–Kier alpha value is -1.68. The minimum Gasteiger partial charge on any atom is -0.481 e. The zero-order valence-corrected chi connectivity index (χ0v) is 9.78. The van der Waals surface area contributed by atoms with Gasteiger partial charge in [-0.25, -0.2) is 4.39 Å². The van der Waals surface area contributed by atoms with E-state index in [-0.39, 0.29) is 5.82 Å². The van der Waals surface area contributed by atoms with Crippen LogP contribution >= 0.6 is 11.3 Å². The number of carboxylic acids is 1. The summed E-state index contributed by atoms with van der Waals surface area (Å²) >= 11 is 1.53. The fraction of sp³-hybridized carbons (Fsp3) is 0.154. The van der Waals surface area contributed by atoms with Gasteiger partial charge in [0.1, 0.15) is 5.82 Å². The summed E-state index contributed by atoms with van der Waals surface area (Å²) in [7, 11) is 0. The standard InChI is InChI=1S/C13H11FO2S/c14-10-5-3-9(4-6-10)12(13(15)16)8-11-2-1-7-17-11/h1-7,12H,8H2,(H,15,16). The second kappa shape index (κ2) is 5.10. The molecule has 2 rings (SSSR count). The number of rotatable bonds is 4. The summed E-state index contributed by atoms with van der Waals surface area (Å²) in [4.78, 5) is 12.2. The van der Waals surface area contributed by atoms with Crippen LogP contribution < -0.4 is 0 Å². The van der Waals surface area contributed by atoms with Crippen LogP contribution in [-0.2, 0) is 11.2 Å². The molecular formula is C13H11FO2S. The molecule has 1 N–H and O–H groups in total. The molecule has 0 aliphatic heterocycles. The van der Waals surface area contributed by atoms with E-state index in [0.29, 0.717) is 12.0 Å². The van der Waals surface area contributed by atoms with E-state index < -0.39 is 11.9 Å². The van der Waals surface area contributed by atoms with E-state index in [1.54, 1.807) is 0 Å². The quantitative estimate of drug-likeness (QED) is 0.904. The number of aliphatic carboxylic acids is 1. The van der Waals surface area contributed by atoms with Crippen LogP contribution in [0.1, 0.15) is 16.4 Å². The molecule has 0 fully saturated rings. The van der Waals surface area contributed by atoms with Gasteiger partial charge in [0.2, 0.25) is 0 Å². The average Bonchev–Trinajstić information content (AvgIpc) is 2.80. The number of thiophene rings is 1. The largest absolute Gasteiger partial charge is 0.481 e. The van der Waals surface area contributed by atoms with Crippen LogP contribution in [0.2, 0.25) is 0 Å². The number of carbonyl (C=O) groups is 1. The van der Waals surface area contributed by atoms with Gasteiger partial charge in [0, 0.05) is 4.88 Å². The van der Waals surface area contributed by atoms with Crippen molar-refractivity contribution in [2.24, 2.45) is 0 Å². The van der Waals surface area contributed by atoms with Gasteiger partial charge in [-0.1, -0.05) is 18.2 Å². The lowest BCUT2D eigenvalue weighted by Crippen LogP contribution is -2.13. The van der Waals surface area contributed by atoms with Crippen LogP contribution in [0.3, 0.4) is 0 Å². The zero-order valence-electron chi connectivity index (χ0n) is 8.97. The summed E-state index contributed by atoms with van der Waals surface area (Å²) in [5.74, 6) is -1.85. The fourth-order valence-corrected chi connectivity index (χ4v) is 2.42. The third kappa shape index (κ3) is 2.91. The summed E-state index contributed by atoms with van der Waals surface area (Å²) < 4.78 is 12.8. The van der Waals surface area contributed by atoms with Crippen LogP contribution in [0.15, 0.2) is 41.8 Å². The van der Waals surface area contributed by atoms with Gasteiger partial charge in [-0.15, -0.1) is 11.3 Å². The molecular weight excluding hydrogens is 239 g/mol. The Morgan fingerprint density at radius 2 is 2.00 bits per heavy atom. The highest BCUT2D eigenvalue weighted by atomic mass is 32.1. The highest BCUT2D eigenvalue weighted by Gasteiger charge is 2.20. The van der Waals surface area contributed by atoms with Crippen molar-refractivity contribution in [3.05, 3.63) is 58.0 Å². The fourth-order valence-electron chi connectivity index (χ4n) is 1.67. The molecule has 0 spiro atoms. The number of hydrogen-bond acceptors (Lipinski definition) is 2. The number of carboxylic acid groups (broad SMARTS) is 1. The molecule has 0 saturated carbocycles. The van der Waals surface area contributed by atoms with Gasteiger partial charge in [0.05, 0.1) is 5.92 Å². The number of benzene rings is 1. The van der Waals surface area contributed by atoms with Crippen molar-refractivity contribution in [3.8, 4) is 0 Å². The third-order valence-corrected chi connectivity index (χ3v) is 3.45. The second-order valence-electron chi connectivity index (χ2n) is 3.73. The normalized spacial score (nSPS) is 12.3. The molecule has 1 atom stereocenters. The molecule has 1 heterocycles. The summed E-state index contributed by atoms with van der Waals surface area (Å²) in [6.07, 6.45) is 0.443. The van der Waals surface area contributed by atoms with E-state index in [2.05, 4.69) is 0 Å². The van der Waals surface area contributed by atoms with Gasteiger partial charge in [0.15, 0.2) is 0 Å².